The molecule has 0 aliphatic carbocycles. The van der Waals surface area contributed by atoms with Crippen LogP contribution in [-0.2, 0) is 4.79 Å². The van der Waals surface area contributed by atoms with Crippen molar-refractivity contribution in [2.75, 3.05) is 13.7 Å². The highest BCUT2D eigenvalue weighted by atomic mass is 35.5. The number of ether oxygens (including phenoxy) is 3. The number of benzene rings is 3. The highest BCUT2D eigenvalue weighted by Crippen LogP contribution is 2.28. The summed E-state index contributed by atoms with van der Waals surface area (Å²) in [7, 11) is 1.56. The van der Waals surface area contributed by atoms with E-state index in [0.29, 0.717) is 34.5 Å². The van der Waals surface area contributed by atoms with Gasteiger partial charge in [-0.2, -0.15) is 5.26 Å². The van der Waals surface area contributed by atoms with Crippen LogP contribution in [0.2, 0.25) is 5.02 Å². The molecule has 0 radical (unpaired) electrons. The number of carbonyl (C=O) groups is 1. The van der Waals surface area contributed by atoms with E-state index in [1.54, 1.807) is 73.9 Å². The molecule has 0 aromatic heterocycles. The zero-order chi connectivity index (χ0) is 23.6. The number of esters is 1. The minimum atomic E-state index is -0.511. The number of nitrogens with zero attached hydrogens (tertiary/aromatic N) is 1. The Morgan fingerprint density at radius 1 is 1.03 bits per heavy atom. The molecule has 0 N–H and O–H groups in total. The van der Waals surface area contributed by atoms with Crippen molar-refractivity contribution in [1.82, 2.24) is 0 Å². The Bertz CT molecular complexity index is 1220. The number of rotatable bonds is 8. The van der Waals surface area contributed by atoms with Crippen molar-refractivity contribution < 1.29 is 19.0 Å². The Morgan fingerprint density at radius 3 is 2.45 bits per heavy atom. The molecule has 5 nitrogen and oxygen atoms in total. The van der Waals surface area contributed by atoms with Crippen LogP contribution in [0.3, 0.4) is 0 Å². The van der Waals surface area contributed by atoms with Crippen LogP contribution in [-0.4, -0.2) is 19.7 Å². The molecule has 3 rings (SSSR count). The number of hydrogen-bond donors (Lipinski definition) is 0. The monoisotopic (exact) mass is 459 g/mol. The number of carbonyl (C=O) groups excluding carboxylic acids is 1. The summed E-state index contributed by atoms with van der Waals surface area (Å²) >= 11 is 6.02. The molecule has 3 aromatic rings. The molecule has 3 aromatic carbocycles. The molecule has 0 aliphatic heterocycles. The summed E-state index contributed by atoms with van der Waals surface area (Å²) in [5.41, 5.74) is 2.79. The van der Waals surface area contributed by atoms with Crippen molar-refractivity contribution in [3.63, 3.8) is 0 Å². The smallest absolute Gasteiger partial charge is 0.336 e. The van der Waals surface area contributed by atoms with E-state index >= 15 is 0 Å². The zero-order valence-electron chi connectivity index (χ0n) is 18.2. The van der Waals surface area contributed by atoms with Crippen LogP contribution in [0.15, 0.2) is 72.8 Å². The van der Waals surface area contributed by atoms with Gasteiger partial charge in [0.05, 0.1) is 25.4 Å². The molecule has 0 heterocycles. The first kappa shape index (κ1) is 23.6. The lowest BCUT2D eigenvalue weighted by Crippen LogP contribution is -2.03. The van der Waals surface area contributed by atoms with Crippen LogP contribution in [0, 0.1) is 11.3 Å². The molecule has 0 saturated carbocycles. The summed E-state index contributed by atoms with van der Waals surface area (Å²) in [6.45, 7) is 2.43. The maximum atomic E-state index is 12.2. The predicted octanol–water partition coefficient (Wildman–Crippen LogP) is 6.43. The Labute approximate surface area is 198 Å². The maximum absolute atomic E-state index is 12.2. The topological polar surface area (TPSA) is 68.5 Å². The summed E-state index contributed by atoms with van der Waals surface area (Å²) in [5.74, 6) is 1.12. The number of nitriles is 1. The van der Waals surface area contributed by atoms with E-state index < -0.39 is 5.97 Å². The highest BCUT2D eigenvalue weighted by molar-refractivity contribution is 6.30. The van der Waals surface area contributed by atoms with Crippen molar-refractivity contribution in [1.29, 1.82) is 5.26 Å². The predicted molar refractivity (Wildman–Crippen MR) is 130 cm³/mol. The molecule has 0 saturated heterocycles. The molecule has 33 heavy (non-hydrogen) atoms. The molecule has 0 spiro atoms. The van der Waals surface area contributed by atoms with Crippen LogP contribution < -0.4 is 14.2 Å². The maximum Gasteiger partial charge on any atom is 0.336 e. The average molecular weight is 460 g/mol. The van der Waals surface area contributed by atoms with Gasteiger partial charge in [-0.15, -0.1) is 0 Å². The van der Waals surface area contributed by atoms with Gasteiger partial charge in [-0.05, 0) is 72.2 Å². The van der Waals surface area contributed by atoms with E-state index in [0.717, 1.165) is 16.7 Å². The van der Waals surface area contributed by atoms with Gasteiger partial charge in [-0.25, -0.2) is 4.79 Å². The van der Waals surface area contributed by atoms with Gasteiger partial charge in [-0.3, -0.25) is 0 Å². The Kier molecular flexibility index (Phi) is 8.29. The summed E-state index contributed by atoms with van der Waals surface area (Å²) in [5, 5.41) is 10.0. The molecular weight excluding hydrogens is 438 g/mol. The third-order valence-electron chi connectivity index (χ3n) is 4.57. The van der Waals surface area contributed by atoms with Crippen LogP contribution in [0.4, 0.5) is 0 Å². The third-order valence-corrected chi connectivity index (χ3v) is 4.80. The Morgan fingerprint density at radius 2 is 1.79 bits per heavy atom. The van der Waals surface area contributed by atoms with Gasteiger partial charge in [0.25, 0.3) is 0 Å². The second-order valence-corrected chi connectivity index (χ2v) is 7.28. The lowest BCUT2D eigenvalue weighted by Gasteiger charge is -2.09. The van der Waals surface area contributed by atoms with E-state index in [9.17, 15) is 10.1 Å². The van der Waals surface area contributed by atoms with Crippen LogP contribution >= 0.6 is 11.6 Å². The first-order valence-corrected chi connectivity index (χ1v) is 10.6. The summed E-state index contributed by atoms with van der Waals surface area (Å²) in [6, 6.07) is 21.6. The number of halogens is 1. The fraction of sp³-hybridized carbons (Fsp3) is 0.111. The van der Waals surface area contributed by atoms with Crippen molar-refractivity contribution >= 4 is 35.3 Å². The van der Waals surface area contributed by atoms with Crippen molar-refractivity contribution in [3.8, 4) is 23.3 Å². The molecule has 0 unspecified atom stereocenters. The van der Waals surface area contributed by atoms with E-state index in [2.05, 4.69) is 6.07 Å². The first-order valence-electron chi connectivity index (χ1n) is 10.2. The van der Waals surface area contributed by atoms with E-state index in [1.165, 1.54) is 6.08 Å². The summed E-state index contributed by atoms with van der Waals surface area (Å²) < 4.78 is 16.2. The quantitative estimate of drug-likeness (QED) is 0.128. The second-order valence-electron chi connectivity index (χ2n) is 6.85. The molecule has 0 aliphatic rings. The van der Waals surface area contributed by atoms with Gasteiger partial charge in [0, 0.05) is 11.1 Å². The van der Waals surface area contributed by atoms with Gasteiger partial charge >= 0.3 is 5.97 Å². The third kappa shape index (κ3) is 6.73. The largest absolute Gasteiger partial charge is 0.493 e. The lowest BCUT2D eigenvalue weighted by atomic mass is 10.0. The van der Waals surface area contributed by atoms with Crippen molar-refractivity contribution in [2.45, 2.75) is 6.92 Å². The minimum Gasteiger partial charge on any atom is -0.493 e. The van der Waals surface area contributed by atoms with E-state index in [1.807, 2.05) is 19.1 Å². The normalized spacial score (nSPS) is 11.2. The average Bonchev–Trinajstić information content (AvgIpc) is 2.83. The molecule has 0 bridgehead atoms. The molecule has 0 amide bonds. The number of hydrogen-bond acceptors (Lipinski definition) is 5. The Balaban J connectivity index is 1.66. The zero-order valence-corrected chi connectivity index (χ0v) is 19.0. The van der Waals surface area contributed by atoms with Crippen molar-refractivity contribution in [3.05, 3.63) is 94.5 Å². The minimum absolute atomic E-state index is 0.396. The first-order chi connectivity index (χ1) is 16.0. The standard InChI is InChI=1S/C27H22ClNO4/c1-3-32-25-13-9-20(16-26(25)31-2)10-14-27(30)33-24-11-7-19(8-12-24)15-22(18-29)21-5-4-6-23(28)17-21/h4-17H,3H2,1-2H3/b14-10+,22-15-. The fourth-order valence-corrected chi connectivity index (χ4v) is 3.20. The van der Waals surface area contributed by atoms with Gasteiger partial charge in [-0.1, -0.05) is 41.9 Å². The van der Waals surface area contributed by atoms with Crippen LogP contribution in [0.5, 0.6) is 17.2 Å². The van der Waals surface area contributed by atoms with E-state index in [4.69, 9.17) is 25.8 Å². The van der Waals surface area contributed by atoms with Gasteiger partial charge in [0.2, 0.25) is 0 Å². The molecule has 166 valence electrons. The Hall–Kier alpha value is -4.01. The lowest BCUT2D eigenvalue weighted by molar-refractivity contribution is -0.128. The van der Waals surface area contributed by atoms with Gasteiger partial charge in [0.15, 0.2) is 11.5 Å². The fourth-order valence-electron chi connectivity index (χ4n) is 3.01. The molecule has 0 atom stereocenters. The summed E-state index contributed by atoms with van der Waals surface area (Å²) in [6.07, 6.45) is 4.73. The highest BCUT2D eigenvalue weighted by Gasteiger charge is 2.06. The molecule has 6 heteroatoms. The second kappa shape index (κ2) is 11.6. The number of allylic oxidation sites excluding steroid dienone is 1. The van der Waals surface area contributed by atoms with Gasteiger partial charge < -0.3 is 14.2 Å². The van der Waals surface area contributed by atoms with E-state index in [-0.39, 0.29) is 0 Å². The van der Waals surface area contributed by atoms with Crippen LogP contribution in [0.25, 0.3) is 17.7 Å². The van der Waals surface area contributed by atoms with Crippen LogP contribution in [0.1, 0.15) is 23.6 Å². The number of methoxy groups -OCH3 is 1. The molecule has 0 fully saturated rings. The molecular formula is C27H22ClNO4. The van der Waals surface area contributed by atoms with Crippen molar-refractivity contribution in [2.24, 2.45) is 0 Å². The van der Waals surface area contributed by atoms with Gasteiger partial charge in [0.1, 0.15) is 5.75 Å². The summed E-state index contributed by atoms with van der Waals surface area (Å²) in [4.78, 5) is 12.2. The SMILES string of the molecule is CCOc1ccc(/C=C/C(=O)Oc2ccc(/C=C(/C#N)c3cccc(Cl)c3)cc2)cc1OC.